The molecule has 0 amide bonds. The van der Waals surface area contributed by atoms with E-state index < -0.39 is 10.5 Å². The van der Waals surface area contributed by atoms with Crippen molar-refractivity contribution < 1.29 is 14.9 Å². The van der Waals surface area contributed by atoms with Crippen molar-refractivity contribution in [1.82, 2.24) is 0 Å². The van der Waals surface area contributed by atoms with Gasteiger partial charge in [0.05, 0.1) is 18.0 Å². The van der Waals surface area contributed by atoms with Crippen molar-refractivity contribution in [3.63, 3.8) is 0 Å². The van der Waals surface area contributed by atoms with Crippen molar-refractivity contribution in [2.75, 3.05) is 13.2 Å². The number of hydrogen-bond donors (Lipinski definition) is 3. The predicted octanol–water partition coefficient (Wildman–Crippen LogP) is 0.930. The van der Waals surface area contributed by atoms with Gasteiger partial charge >= 0.3 is 0 Å². The second-order valence-corrected chi connectivity index (χ2v) is 6.51. The second-order valence-electron chi connectivity index (χ2n) is 3.71. The fraction of sp³-hybridized carbons (Fsp3) is 0.818. The highest BCUT2D eigenvalue weighted by Gasteiger charge is 2.26. The Morgan fingerprint density at radius 1 is 1.59 bits per heavy atom. The van der Waals surface area contributed by atoms with Gasteiger partial charge in [0, 0.05) is 6.61 Å². The van der Waals surface area contributed by atoms with Gasteiger partial charge in [-0.3, -0.25) is 0 Å². The first kappa shape index (κ1) is 16.6. The summed E-state index contributed by atoms with van der Waals surface area (Å²) < 4.78 is 4.32. The lowest BCUT2D eigenvalue weighted by Crippen LogP contribution is -2.36. The lowest BCUT2D eigenvalue weighted by molar-refractivity contribution is 0.0545. The Hall–Kier alpha value is -0.353. The predicted molar refractivity (Wildman–Crippen MR) is 72.1 cm³/mol. The first-order valence-corrected chi connectivity index (χ1v) is 7.17. The molecule has 2 N–H and O–H groups in total. The molecule has 6 heteroatoms. The van der Waals surface area contributed by atoms with Gasteiger partial charge in [0.1, 0.15) is 19.6 Å². The number of rotatable bonds is 8. The van der Waals surface area contributed by atoms with Crippen LogP contribution in [0.2, 0.25) is 0 Å². The highest BCUT2D eigenvalue weighted by atomic mass is 32.1. The van der Waals surface area contributed by atoms with E-state index in [0.717, 1.165) is 12.8 Å². The maximum atomic E-state index is 9.85. The summed E-state index contributed by atoms with van der Waals surface area (Å²) in [7, 11) is -0.153. The van der Waals surface area contributed by atoms with Gasteiger partial charge in [-0.1, -0.05) is 19.8 Å². The molecule has 2 unspecified atom stereocenters. The van der Waals surface area contributed by atoms with E-state index in [0.29, 0.717) is 13.0 Å². The van der Waals surface area contributed by atoms with Crippen LogP contribution in [0.4, 0.5) is 0 Å². The van der Waals surface area contributed by atoms with Crippen LogP contribution in [0.3, 0.4) is 0 Å². The Balaban J connectivity index is 4.75. The molecule has 17 heavy (non-hydrogen) atoms. The van der Waals surface area contributed by atoms with Crippen molar-refractivity contribution in [2.45, 2.75) is 43.6 Å². The van der Waals surface area contributed by atoms with Gasteiger partial charge in [-0.15, -0.1) is 0 Å². The van der Waals surface area contributed by atoms with E-state index in [1.165, 1.54) is 0 Å². The summed E-state index contributed by atoms with van der Waals surface area (Å²) in [6.45, 7) is 3.94. The van der Waals surface area contributed by atoms with Crippen LogP contribution in [0.25, 0.3) is 0 Å². The van der Waals surface area contributed by atoms with E-state index in [-0.39, 0.29) is 21.1 Å². The minimum Gasteiger partial charge on any atom is -0.515 e. The summed E-state index contributed by atoms with van der Waals surface area (Å²) in [5.41, 5.74) is 0. The average molecular weight is 274 g/mol. The number of unbranched alkanes of at least 4 members (excludes halogenated alkanes) is 1. The van der Waals surface area contributed by atoms with Crippen molar-refractivity contribution in [2.24, 2.45) is 0 Å². The molecule has 0 aliphatic carbocycles. The maximum absolute atomic E-state index is 9.85. The van der Waals surface area contributed by atoms with Crippen molar-refractivity contribution >= 4 is 27.1 Å². The zero-order chi connectivity index (χ0) is 13.3. The maximum Gasteiger partial charge on any atom is 0.132 e. The first-order chi connectivity index (χ1) is 8.02. The third-order valence-corrected chi connectivity index (χ3v) is 4.26. The van der Waals surface area contributed by atoms with E-state index in [2.05, 4.69) is 18.7 Å². The Labute approximate surface area is 110 Å². The molecule has 97 valence electrons. The molecular weight excluding hydrogens is 254 g/mol. The second kappa shape index (κ2) is 8.70. The van der Waals surface area contributed by atoms with Crippen LogP contribution in [0.15, 0.2) is 0 Å². The van der Waals surface area contributed by atoms with Gasteiger partial charge in [-0.25, -0.2) is 0 Å². The van der Waals surface area contributed by atoms with E-state index in [4.69, 9.17) is 15.1 Å². The molecule has 2 atom stereocenters. The van der Waals surface area contributed by atoms with Crippen LogP contribution in [-0.4, -0.2) is 48.4 Å². The Kier molecular flexibility index (Phi) is 8.52. The smallest absolute Gasteiger partial charge is 0.132 e. The van der Waals surface area contributed by atoms with Crippen molar-refractivity contribution in [3.8, 4) is 6.07 Å². The summed E-state index contributed by atoms with van der Waals surface area (Å²) in [5, 5.41) is 28.0. The number of aliphatic hydroxyl groups excluding tert-OH is 2. The first-order valence-electron chi connectivity index (χ1n) is 5.73. The molecule has 1 radical (unpaired) electrons. The molecule has 0 rings (SSSR count). The number of hydrogen-bond acceptors (Lipinski definition) is 5. The zero-order valence-corrected chi connectivity index (χ0v) is 12.2. The quantitative estimate of drug-likeness (QED) is 0.455. The van der Waals surface area contributed by atoms with Crippen LogP contribution in [0.1, 0.15) is 33.1 Å². The van der Waals surface area contributed by atoms with Crippen molar-refractivity contribution in [3.05, 3.63) is 0 Å². The third kappa shape index (κ3) is 6.22. The molecule has 0 spiro atoms. The minimum atomic E-state index is -0.857. The molecule has 0 aromatic rings. The SMILES string of the molecule is CCCCC(S)(C#N)[Si]=C(O)C(CO)OCC. The largest absolute Gasteiger partial charge is 0.515 e. The van der Waals surface area contributed by atoms with Gasteiger partial charge in [0.15, 0.2) is 0 Å². The van der Waals surface area contributed by atoms with Crippen LogP contribution >= 0.6 is 12.6 Å². The van der Waals surface area contributed by atoms with Crippen LogP contribution in [-0.2, 0) is 4.74 Å². The molecule has 0 saturated heterocycles. The van der Waals surface area contributed by atoms with Gasteiger partial charge in [0.25, 0.3) is 0 Å². The summed E-state index contributed by atoms with van der Waals surface area (Å²) >= 11 is 4.33. The molecule has 0 aliphatic heterocycles. The molecule has 0 aromatic heterocycles. The fourth-order valence-corrected chi connectivity index (χ4v) is 2.91. The Bertz CT molecular complexity index is 293. The number of ether oxygens (including phenoxy) is 1. The standard InChI is InChI=1S/C11H20NO3SSi/c1-3-5-6-11(16,8-12)17-10(14)9(7-13)15-4-2/h9,13-14,16H,3-7H2,1-2H3. The van der Waals surface area contributed by atoms with Gasteiger partial charge in [-0.2, -0.15) is 17.9 Å². The third-order valence-electron chi connectivity index (χ3n) is 2.25. The normalized spacial score (nSPS) is 17.2. The molecule has 0 bridgehead atoms. The van der Waals surface area contributed by atoms with Crippen molar-refractivity contribution in [1.29, 1.82) is 5.26 Å². The lowest BCUT2D eigenvalue weighted by atomic mass is 10.2. The molecule has 4 nitrogen and oxygen atoms in total. The molecule has 0 saturated carbocycles. The van der Waals surface area contributed by atoms with Gasteiger partial charge < -0.3 is 14.9 Å². The van der Waals surface area contributed by atoms with Crippen LogP contribution in [0, 0.1) is 11.3 Å². The lowest BCUT2D eigenvalue weighted by Gasteiger charge is -2.19. The Morgan fingerprint density at radius 2 is 2.24 bits per heavy atom. The Morgan fingerprint density at radius 3 is 2.65 bits per heavy atom. The number of thiol groups is 1. The fourth-order valence-electron chi connectivity index (χ4n) is 1.29. The monoisotopic (exact) mass is 274 g/mol. The zero-order valence-electron chi connectivity index (χ0n) is 10.3. The minimum absolute atomic E-state index is 0.0157. The van der Waals surface area contributed by atoms with Gasteiger partial charge in [-0.05, 0) is 13.3 Å². The average Bonchev–Trinajstić information content (AvgIpc) is 2.33. The number of nitrogens with zero attached hydrogens (tertiary/aromatic N) is 1. The van der Waals surface area contributed by atoms with E-state index >= 15 is 0 Å². The van der Waals surface area contributed by atoms with Gasteiger partial charge in [0.2, 0.25) is 0 Å². The van der Waals surface area contributed by atoms with Crippen LogP contribution < -0.4 is 0 Å². The summed E-state index contributed by atoms with van der Waals surface area (Å²) in [5.74, 6) is 0. The van der Waals surface area contributed by atoms with E-state index in [1.807, 2.05) is 6.92 Å². The molecule has 0 heterocycles. The topological polar surface area (TPSA) is 73.5 Å². The van der Waals surface area contributed by atoms with E-state index in [1.54, 1.807) is 6.92 Å². The molecular formula is C11H20NO3SSi. The van der Waals surface area contributed by atoms with Crippen LogP contribution in [0.5, 0.6) is 0 Å². The highest BCUT2D eigenvalue weighted by molar-refractivity contribution is 7.83. The van der Waals surface area contributed by atoms with E-state index in [9.17, 15) is 5.11 Å². The molecule has 0 fully saturated rings. The molecule has 0 aliphatic rings. The molecule has 0 aromatic carbocycles. The summed E-state index contributed by atoms with van der Waals surface area (Å²) in [6, 6.07) is 2.12. The number of nitriles is 1. The highest BCUT2D eigenvalue weighted by Crippen LogP contribution is 2.18. The number of aliphatic hydroxyl groups is 2. The summed E-state index contributed by atoms with van der Waals surface area (Å²) in [6.07, 6.45) is 1.77. The summed E-state index contributed by atoms with van der Waals surface area (Å²) in [4.78, 5) is 0.